The van der Waals surface area contributed by atoms with Crippen LogP contribution in [-0.4, -0.2) is 43.4 Å². The van der Waals surface area contributed by atoms with Crippen molar-refractivity contribution in [1.82, 2.24) is 15.6 Å². The smallest absolute Gasteiger partial charge is 0.191 e. The van der Waals surface area contributed by atoms with Crippen molar-refractivity contribution in [2.45, 2.75) is 25.9 Å². The maximum absolute atomic E-state index is 5.91. The summed E-state index contributed by atoms with van der Waals surface area (Å²) in [6.45, 7) is 5.95. The Balaban J connectivity index is 1.54. The molecule has 2 aliphatic rings. The van der Waals surface area contributed by atoms with Crippen LogP contribution in [0, 0.1) is 5.92 Å². The molecule has 0 bridgehead atoms. The molecular formula is C15H22N4O2. The molecule has 2 atom stereocenters. The minimum Gasteiger partial charge on any atom is -0.491 e. The van der Waals surface area contributed by atoms with Gasteiger partial charge in [-0.2, -0.15) is 0 Å². The number of guanidine groups is 1. The minimum atomic E-state index is 0.406. The molecule has 2 aliphatic heterocycles. The van der Waals surface area contributed by atoms with E-state index in [4.69, 9.17) is 9.47 Å². The molecule has 2 unspecified atom stereocenters. The fourth-order valence-corrected chi connectivity index (χ4v) is 2.45. The third-order valence-corrected chi connectivity index (χ3v) is 3.72. The molecule has 0 spiro atoms. The first-order valence-electron chi connectivity index (χ1n) is 7.49. The first kappa shape index (κ1) is 14.1. The van der Waals surface area contributed by atoms with Crippen LogP contribution in [0.15, 0.2) is 23.5 Å². The number of aliphatic imine (C=N–C) groups is 1. The predicted molar refractivity (Wildman–Crippen MR) is 80.4 cm³/mol. The van der Waals surface area contributed by atoms with Crippen LogP contribution in [0.5, 0.6) is 5.75 Å². The van der Waals surface area contributed by atoms with E-state index in [0.717, 1.165) is 43.5 Å². The van der Waals surface area contributed by atoms with Crippen LogP contribution in [-0.2, 0) is 11.3 Å². The number of rotatable bonds is 5. The number of pyridine rings is 1. The molecule has 3 rings (SSSR count). The average molecular weight is 290 g/mol. The second-order valence-electron chi connectivity index (χ2n) is 5.61. The van der Waals surface area contributed by atoms with E-state index in [1.165, 1.54) is 0 Å². The Kier molecular flexibility index (Phi) is 4.55. The second kappa shape index (κ2) is 6.76. The van der Waals surface area contributed by atoms with Crippen LogP contribution in [0.4, 0.5) is 0 Å². The molecule has 6 heteroatoms. The van der Waals surface area contributed by atoms with Crippen molar-refractivity contribution in [3.8, 4) is 5.75 Å². The number of nitrogens with one attached hydrogen (secondary N) is 2. The molecule has 2 N–H and O–H groups in total. The van der Waals surface area contributed by atoms with Crippen molar-refractivity contribution < 1.29 is 9.47 Å². The van der Waals surface area contributed by atoms with E-state index in [9.17, 15) is 0 Å². The number of aromatic nitrogens is 1. The van der Waals surface area contributed by atoms with Gasteiger partial charge in [0, 0.05) is 36.9 Å². The van der Waals surface area contributed by atoms with Gasteiger partial charge in [-0.05, 0) is 19.4 Å². The Morgan fingerprint density at radius 1 is 1.52 bits per heavy atom. The molecule has 0 aromatic carbocycles. The zero-order valence-corrected chi connectivity index (χ0v) is 12.3. The summed E-state index contributed by atoms with van der Waals surface area (Å²) in [6, 6.07) is 2.38. The highest BCUT2D eigenvalue weighted by Gasteiger charge is 2.17. The molecule has 21 heavy (non-hydrogen) atoms. The monoisotopic (exact) mass is 290 g/mol. The Bertz CT molecular complexity index is 500. The van der Waals surface area contributed by atoms with Crippen LogP contribution >= 0.6 is 0 Å². The van der Waals surface area contributed by atoms with Crippen LogP contribution in [0.1, 0.15) is 18.9 Å². The Hall–Kier alpha value is -1.82. The van der Waals surface area contributed by atoms with Crippen LogP contribution < -0.4 is 15.4 Å². The van der Waals surface area contributed by atoms with E-state index in [1.54, 1.807) is 12.4 Å². The Morgan fingerprint density at radius 2 is 2.48 bits per heavy atom. The molecule has 0 saturated carbocycles. The lowest BCUT2D eigenvalue weighted by Gasteiger charge is -2.14. The van der Waals surface area contributed by atoms with E-state index in [0.29, 0.717) is 25.1 Å². The largest absolute Gasteiger partial charge is 0.491 e. The summed E-state index contributed by atoms with van der Waals surface area (Å²) < 4.78 is 11.3. The molecule has 1 fully saturated rings. The normalized spacial score (nSPS) is 24.5. The van der Waals surface area contributed by atoms with E-state index in [1.807, 2.05) is 6.07 Å². The zero-order chi connectivity index (χ0) is 14.5. The summed E-state index contributed by atoms with van der Waals surface area (Å²) >= 11 is 0. The lowest BCUT2D eigenvalue weighted by atomic mass is 10.1. The SMILES string of the molecule is CC1CN=C(NCc2ccncc2OCC2CCOC2)N1. The summed E-state index contributed by atoms with van der Waals surface area (Å²) in [6.07, 6.45) is 4.64. The molecule has 1 saturated heterocycles. The number of hydrogen-bond acceptors (Lipinski definition) is 6. The lowest BCUT2D eigenvalue weighted by molar-refractivity contribution is 0.166. The summed E-state index contributed by atoms with van der Waals surface area (Å²) in [4.78, 5) is 8.54. The summed E-state index contributed by atoms with van der Waals surface area (Å²) in [5.74, 6) is 2.19. The minimum absolute atomic E-state index is 0.406. The molecule has 1 aromatic rings. The molecule has 0 radical (unpaired) electrons. The zero-order valence-electron chi connectivity index (χ0n) is 12.3. The van der Waals surface area contributed by atoms with Gasteiger partial charge in [-0.15, -0.1) is 0 Å². The van der Waals surface area contributed by atoms with Gasteiger partial charge in [0.05, 0.1) is 26.0 Å². The van der Waals surface area contributed by atoms with Crippen LogP contribution in [0.2, 0.25) is 0 Å². The number of hydrogen-bond donors (Lipinski definition) is 2. The first-order valence-corrected chi connectivity index (χ1v) is 7.49. The van der Waals surface area contributed by atoms with Crippen molar-refractivity contribution in [2.75, 3.05) is 26.4 Å². The van der Waals surface area contributed by atoms with Crippen molar-refractivity contribution in [3.63, 3.8) is 0 Å². The van der Waals surface area contributed by atoms with Crippen molar-refractivity contribution in [1.29, 1.82) is 0 Å². The molecule has 114 valence electrons. The summed E-state index contributed by atoms with van der Waals surface area (Å²) in [5, 5.41) is 6.59. The summed E-state index contributed by atoms with van der Waals surface area (Å²) in [7, 11) is 0. The highest BCUT2D eigenvalue weighted by molar-refractivity contribution is 5.81. The van der Waals surface area contributed by atoms with Gasteiger partial charge in [0.15, 0.2) is 5.96 Å². The van der Waals surface area contributed by atoms with E-state index in [-0.39, 0.29) is 0 Å². The van der Waals surface area contributed by atoms with E-state index >= 15 is 0 Å². The number of ether oxygens (including phenoxy) is 2. The second-order valence-corrected chi connectivity index (χ2v) is 5.61. The number of nitrogens with zero attached hydrogens (tertiary/aromatic N) is 2. The fourth-order valence-electron chi connectivity index (χ4n) is 2.45. The maximum Gasteiger partial charge on any atom is 0.191 e. The van der Waals surface area contributed by atoms with Gasteiger partial charge in [0.1, 0.15) is 5.75 Å². The van der Waals surface area contributed by atoms with Crippen molar-refractivity contribution in [2.24, 2.45) is 10.9 Å². The van der Waals surface area contributed by atoms with Gasteiger partial charge >= 0.3 is 0 Å². The molecule has 0 aliphatic carbocycles. The average Bonchev–Trinajstić information content (AvgIpc) is 3.15. The predicted octanol–water partition coefficient (Wildman–Crippen LogP) is 0.934. The van der Waals surface area contributed by atoms with Crippen LogP contribution in [0.25, 0.3) is 0 Å². The lowest BCUT2D eigenvalue weighted by Crippen LogP contribution is -2.37. The third-order valence-electron chi connectivity index (χ3n) is 3.72. The van der Waals surface area contributed by atoms with Crippen molar-refractivity contribution >= 4 is 5.96 Å². The molecule has 6 nitrogen and oxygen atoms in total. The van der Waals surface area contributed by atoms with Gasteiger partial charge in [0.2, 0.25) is 0 Å². The Labute approximate surface area is 125 Å². The summed E-state index contributed by atoms with van der Waals surface area (Å²) in [5.41, 5.74) is 1.09. The van der Waals surface area contributed by atoms with Gasteiger partial charge in [-0.3, -0.25) is 9.98 Å². The van der Waals surface area contributed by atoms with E-state index in [2.05, 4.69) is 27.5 Å². The standard InChI is InChI=1S/C15H22N4O2/c1-11-6-17-15(19-11)18-7-13-2-4-16-8-14(13)21-10-12-3-5-20-9-12/h2,4,8,11-12H,3,5-7,9-10H2,1H3,(H2,17,18,19). The molecule has 1 aromatic heterocycles. The van der Waals surface area contributed by atoms with Crippen molar-refractivity contribution in [3.05, 3.63) is 24.0 Å². The molecule has 3 heterocycles. The van der Waals surface area contributed by atoms with Crippen LogP contribution in [0.3, 0.4) is 0 Å². The van der Waals surface area contributed by atoms with Gasteiger partial charge in [0.25, 0.3) is 0 Å². The third kappa shape index (κ3) is 3.85. The fraction of sp³-hybridized carbons (Fsp3) is 0.600. The quantitative estimate of drug-likeness (QED) is 0.844. The van der Waals surface area contributed by atoms with Gasteiger partial charge in [-0.25, -0.2) is 0 Å². The highest BCUT2D eigenvalue weighted by atomic mass is 16.5. The topological polar surface area (TPSA) is 67.8 Å². The van der Waals surface area contributed by atoms with Gasteiger partial charge in [-0.1, -0.05) is 0 Å². The first-order chi connectivity index (χ1) is 10.3. The highest BCUT2D eigenvalue weighted by Crippen LogP contribution is 2.19. The van der Waals surface area contributed by atoms with Gasteiger partial charge < -0.3 is 20.1 Å². The van der Waals surface area contributed by atoms with E-state index < -0.39 is 0 Å². The molecule has 0 amide bonds. The molecular weight excluding hydrogens is 268 g/mol. The maximum atomic E-state index is 5.91. The Morgan fingerprint density at radius 3 is 3.24 bits per heavy atom.